The van der Waals surface area contributed by atoms with Crippen LogP contribution < -0.4 is 14.0 Å². The number of imidazole rings is 1. The third-order valence-electron chi connectivity index (χ3n) is 6.84. The van der Waals surface area contributed by atoms with Crippen molar-refractivity contribution in [3.8, 4) is 11.5 Å². The number of likely N-dealkylation sites (tertiary alicyclic amines) is 1. The standard InChI is InChI=1S/C28H32N4O7/c1-6-39-28(36)23-16(2)21(17(3)30-23)25(33)22-24(18-8-9-19(37-4)20(14-18)38-5)32(27(35)26(22)34)12-7-11-31-13-10-29-15-31/h8-10,13-15,24H,6-7,11-12H2,1-5H3,(H2,30,33,34,36)/p+1. The van der Waals surface area contributed by atoms with Gasteiger partial charge in [-0.25, -0.2) is 9.36 Å². The van der Waals surface area contributed by atoms with Gasteiger partial charge in [0.2, 0.25) is 6.33 Å². The number of ether oxygens (including phenoxy) is 3. The maximum Gasteiger partial charge on any atom is 0.355 e. The number of Topliss-reactive ketones (excluding diaryl/α,β-unsaturated/α-hetero) is 1. The van der Waals surface area contributed by atoms with E-state index in [-0.39, 0.29) is 35.7 Å². The number of hydrogen-bond acceptors (Lipinski definition) is 7. The van der Waals surface area contributed by atoms with Gasteiger partial charge < -0.3 is 29.2 Å². The van der Waals surface area contributed by atoms with E-state index in [2.05, 4.69) is 9.97 Å². The van der Waals surface area contributed by atoms with Gasteiger partial charge in [-0.2, -0.15) is 0 Å². The minimum atomic E-state index is -0.888. The Morgan fingerprint density at radius 1 is 1.15 bits per heavy atom. The zero-order valence-electron chi connectivity index (χ0n) is 22.7. The molecule has 1 unspecified atom stereocenters. The number of nitrogens with one attached hydrogen (secondary N) is 2. The molecule has 1 aromatic carbocycles. The van der Waals surface area contributed by atoms with Crippen molar-refractivity contribution in [2.75, 3.05) is 27.4 Å². The van der Waals surface area contributed by atoms with Gasteiger partial charge in [0.1, 0.15) is 23.8 Å². The second-order valence-corrected chi connectivity index (χ2v) is 9.16. The summed E-state index contributed by atoms with van der Waals surface area (Å²) in [5.74, 6) is -1.56. The quantitative estimate of drug-likeness (QED) is 0.119. The predicted octanol–water partition coefficient (Wildman–Crippen LogP) is 2.95. The van der Waals surface area contributed by atoms with Crippen LogP contribution in [-0.4, -0.2) is 65.0 Å². The molecule has 2 aromatic heterocycles. The Morgan fingerprint density at radius 3 is 2.54 bits per heavy atom. The highest BCUT2D eigenvalue weighted by Gasteiger charge is 2.46. The van der Waals surface area contributed by atoms with Crippen molar-refractivity contribution in [1.82, 2.24) is 14.9 Å². The van der Waals surface area contributed by atoms with Crippen LogP contribution in [0.1, 0.15) is 52.3 Å². The second-order valence-electron chi connectivity index (χ2n) is 9.16. The van der Waals surface area contributed by atoms with E-state index in [0.29, 0.717) is 41.3 Å². The van der Waals surface area contributed by atoms with Crippen LogP contribution in [-0.2, 0) is 20.9 Å². The third-order valence-corrected chi connectivity index (χ3v) is 6.84. The minimum absolute atomic E-state index is 0.0675. The number of carbonyl (C=O) groups excluding carboxylic acids is 3. The maximum absolute atomic E-state index is 13.5. The van der Waals surface area contributed by atoms with Gasteiger partial charge in [0.15, 0.2) is 11.5 Å². The van der Waals surface area contributed by atoms with Crippen molar-refractivity contribution in [1.29, 1.82) is 0 Å². The average Bonchev–Trinajstić information content (AvgIpc) is 3.61. The Morgan fingerprint density at radius 2 is 1.90 bits per heavy atom. The summed E-state index contributed by atoms with van der Waals surface area (Å²) in [6, 6.07) is 4.23. The number of rotatable bonds is 10. The number of carbonyl (C=O) groups is 3. The molecule has 39 heavy (non-hydrogen) atoms. The van der Waals surface area contributed by atoms with E-state index in [1.165, 1.54) is 19.1 Å². The van der Waals surface area contributed by atoms with E-state index >= 15 is 0 Å². The van der Waals surface area contributed by atoms with Crippen LogP contribution >= 0.6 is 0 Å². The highest BCUT2D eigenvalue weighted by molar-refractivity contribution is 6.46. The van der Waals surface area contributed by atoms with E-state index < -0.39 is 23.7 Å². The van der Waals surface area contributed by atoms with E-state index in [9.17, 15) is 19.5 Å². The molecule has 1 aliphatic heterocycles. The normalized spacial score (nSPS) is 16.5. The van der Waals surface area contributed by atoms with E-state index in [1.54, 1.807) is 51.5 Å². The number of benzene rings is 1. The van der Waals surface area contributed by atoms with Crippen LogP contribution in [0.3, 0.4) is 0 Å². The van der Waals surface area contributed by atoms with Gasteiger partial charge in [-0.05, 0) is 44.0 Å². The molecule has 0 bridgehead atoms. The number of aliphatic hydroxyl groups is 1. The molecule has 3 heterocycles. The van der Waals surface area contributed by atoms with Crippen molar-refractivity contribution >= 4 is 23.4 Å². The summed E-state index contributed by atoms with van der Waals surface area (Å²) >= 11 is 0. The fourth-order valence-corrected chi connectivity index (χ4v) is 5.01. The Labute approximate surface area is 226 Å². The molecule has 1 saturated heterocycles. The fraction of sp³-hybridized carbons (Fsp3) is 0.357. The number of hydrogen-bond donors (Lipinski definition) is 3. The Hall–Kier alpha value is -4.54. The lowest BCUT2D eigenvalue weighted by Crippen LogP contribution is -2.36. The van der Waals surface area contributed by atoms with Crippen molar-refractivity contribution < 1.29 is 38.3 Å². The van der Waals surface area contributed by atoms with Gasteiger partial charge in [-0.15, -0.1) is 0 Å². The molecule has 1 aliphatic rings. The van der Waals surface area contributed by atoms with E-state index in [0.717, 1.165) is 0 Å². The highest BCUT2D eigenvalue weighted by Crippen LogP contribution is 2.43. The average molecular weight is 538 g/mol. The first kappa shape index (κ1) is 27.5. The molecular weight excluding hydrogens is 504 g/mol. The molecule has 1 fully saturated rings. The first-order chi connectivity index (χ1) is 18.7. The van der Waals surface area contributed by atoms with E-state index in [4.69, 9.17) is 14.2 Å². The first-order valence-corrected chi connectivity index (χ1v) is 12.6. The summed E-state index contributed by atoms with van der Waals surface area (Å²) in [5, 5.41) is 11.6. The van der Waals surface area contributed by atoms with Crippen LogP contribution in [0.15, 0.2) is 42.5 Å². The van der Waals surface area contributed by atoms with Gasteiger partial charge in [0.05, 0.1) is 39.0 Å². The molecule has 0 spiro atoms. The molecule has 206 valence electrons. The predicted molar refractivity (Wildman–Crippen MR) is 140 cm³/mol. The summed E-state index contributed by atoms with van der Waals surface area (Å²) in [6.07, 6.45) is 6.04. The van der Waals surface area contributed by atoms with Crippen LogP contribution in [0.4, 0.5) is 0 Å². The molecule has 1 amide bonds. The van der Waals surface area contributed by atoms with Crippen molar-refractivity contribution in [3.63, 3.8) is 0 Å². The summed E-state index contributed by atoms with van der Waals surface area (Å²) in [7, 11) is 3.01. The SMILES string of the molecule is CCOC(=O)c1[nH]c(C)c(C(O)=C2C(=O)C(=O)N(CCC[n+]3cc[nH]c3)C2c2ccc(OC)c(OC)c2)c1C. The number of aromatic nitrogens is 3. The van der Waals surface area contributed by atoms with Gasteiger partial charge in [-0.1, -0.05) is 6.07 Å². The maximum atomic E-state index is 13.5. The number of aromatic amines is 2. The van der Waals surface area contributed by atoms with Crippen LogP contribution in [0, 0.1) is 13.8 Å². The minimum Gasteiger partial charge on any atom is -0.507 e. The van der Waals surface area contributed by atoms with Gasteiger partial charge >= 0.3 is 5.97 Å². The number of amides is 1. The second kappa shape index (κ2) is 11.5. The monoisotopic (exact) mass is 537 g/mol. The number of esters is 1. The fourth-order valence-electron chi connectivity index (χ4n) is 5.01. The number of aliphatic hydroxyl groups excluding tert-OH is 1. The van der Waals surface area contributed by atoms with Gasteiger partial charge in [0.25, 0.3) is 11.7 Å². The molecule has 1 atom stereocenters. The van der Waals surface area contributed by atoms with Gasteiger partial charge in [0, 0.05) is 24.2 Å². The molecule has 3 aromatic rings. The number of ketones is 1. The molecule has 0 saturated carbocycles. The van der Waals surface area contributed by atoms with Crippen LogP contribution in [0.25, 0.3) is 5.76 Å². The lowest BCUT2D eigenvalue weighted by molar-refractivity contribution is -0.695. The zero-order chi connectivity index (χ0) is 28.3. The van der Waals surface area contributed by atoms with Crippen molar-refractivity contribution in [2.45, 2.75) is 39.8 Å². The molecular formula is C28H33N4O7+. The molecule has 0 aliphatic carbocycles. The summed E-state index contributed by atoms with van der Waals surface area (Å²) in [5.41, 5.74) is 1.85. The van der Waals surface area contributed by atoms with Crippen LogP contribution in [0.5, 0.6) is 11.5 Å². The summed E-state index contributed by atoms with van der Waals surface area (Å²) in [4.78, 5) is 46.7. The zero-order valence-corrected chi connectivity index (χ0v) is 22.7. The Kier molecular flexibility index (Phi) is 8.08. The topological polar surface area (TPSA) is 138 Å². The number of nitrogens with zero attached hydrogens (tertiary/aromatic N) is 2. The van der Waals surface area contributed by atoms with Crippen LogP contribution in [0.2, 0.25) is 0 Å². The van der Waals surface area contributed by atoms with E-state index in [1.807, 2.05) is 10.8 Å². The lowest BCUT2D eigenvalue weighted by Gasteiger charge is -2.26. The van der Waals surface area contributed by atoms with Gasteiger partial charge in [-0.3, -0.25) is 14.6 Å². The summed E-state index contributed by atoms with van der Waals surface area (Å²) < 4.78 is 17.9. The highest BCUT2D eigenvalue weighted by atomic mass is 16.5. The Balaban J connectivity index is 1.83. The molecule has 4 rings (SSSR count). The summed E-state index contributed by atoms with van der Waals surface area (Å²) in [6.45, 7) is 6.09. The first-order valence-electron chi connectivity index (χ1n) is 12.6. The van der Waals surface area contributed by atoms with Crippen molar-refractivity contribution in [3.05, 3.63) is 70.6 Å². The molecule has 0 radical (unpaired) electrons. The number of methoxy groups -OCH3 is 2. The molecule has 11 heteroatoms. The lowest BCUT2D eigenvalue weighted by atomic mass is 9.93. The largest absolute Gasteiger partial charge is 0.507 e. The number of H-pyrrole nitrogens is 2. The smallest absolute Gasteiger partial charge is 0.355 e. The molecule has 3 N–H and O–H groups in total. The number of aryl methyl sites for hydroxylation is 2. The third kappa shape index (κ3) is 5.12. The Bertz CT molecular complexity index is 1420. The molecule has 11 nitrogen and oxygen atoms in total. The van der Waals surface area contributed by atoms with Crippen molar-refractivity contribution in [2.24, 2.45) is 0 Å².